The van der Waals surface area contributed by atoms with E-state index in [2.05, 4.69) is 12.2 Å². The Morgan fingerprint density at radius 2 is 1.24 bits per heavy atom. The molecule has 1 amide bonds. The second-order valence-electron chi connectivity index (χ2n) is 12.6. The number of unbranched alkanes of at least 4 members (excludes halogenated alkanes) is 15. The largest absolute Gasteiger partial charge is 1.00 e. The molecular weight excluding hydrogens is 676 g/mol. The minimum absolute atomic E-state index is 0. The molecule has 3 rings (SSSR count). The monoisotopic (exact) mass is 726 g/mol. The van der Waals surface area contributed by atoms with E-state index in [1.54, 1.807) is 7.05 Å². The van der Waals surface area contributed by atoms with E-state index in [-0.39, 0.29) is 46.0 Å². The predicted octanol–water partition coefficient (Wildman–Crippen LogP) is 5.65. The van der Waals surface area contributed by atoms with Crippen molar-refractivity contribution < 1.29 is 65.4 Å². The number of phenols is 1. The Hall–Kier alpha value is -2.19. The molecule has 3 aromatic carbocycles. The number of amides is 1. The maximum absolute atomic E-state index is 13.4. The molecule has 0 saturated carbocycles. The molecule has 0 aliphatic carbocycles. The van der Waals surface area contributed by atoms with Gasteiger partial charge in [-0.2, -0.15) is 8.42 Å². The summed E-state index contributed by atoms with van der Waals surface area (Å²) in [6.07, 6.45) is 20.0. The Kier molecular flexibility index (Phi) is 18.6. The van der Waals surface area contributed by atoms with E-state index in [0.29, 0.717) is 12.2 Å². The van der Waals surface area contributed by atoms with Crippen LogP contribution in [0.2, 0.25) is 0 Å². The summed E-state index contributed by atoms with van der Waals surface area (Å²) >= 11 is 0. The van der Waals surface area contributed by atoms with E-state index < -0.39 is 47.2 Å². The SMILES string of the molecule is CCCCCCCCCCCCCCCCCCN(C)c1ccc(S(=O)(=O)O)cc1NC(=O)c1cc(S(=O)(=O)[O-])c2ccccc2c1O.[Na+]. The van der Waals surface area contributed by atoms with Gasteiger partial charge in [-0.25, -0.2) is 8.42 Å². The molecule has 266 valence electrons. The third-order valence-electron chi connectivity index (χ3n) is 8.76. The molecule has 0 aliphatic rings. The van der Waals surface area contributed by atoms with Gasteiger partial charge in [-0.1, -0.05) is 128 Å². The van der Waals surface area contributed by atoms with Crippen molar-refractivity contribution in [1.82, 2.24) is 0 Å². The molecule has 3 N–H and O–H groups in total. The molecule has 0 aromatic heterocycles. The quantitative estimate of drug-likeness (QED) is 0.0675. The fraction of sp³-hybridized carbons (Fsp3) is 0.528. The number of fused-ring (bicyclic) bond motifs is 1. The number of rotatable bonds is 22. The molecule has 0 bridgehead atoms. The van der Waals surface area contributed by atoms with Crippen LogP contribution in [0.5, 0.6) is 5.75 Å². The fourth-order valence-electron chi connectivity index (χ4n) is 6.02. The molecule has 0 atom stereocenters. The van der Waals surface area contributed by atoms with E-state index in [0.717, 1.165) is 31.4 Å². The first kappa shape index (κ1) is 43.0. The Bertz CT molecular complexity index is 1720. The summed E-state index contributed by atoms with van der Waals surface area (Å²) in [5.74, 6) is -1.50. The van der Waals surface area contributed by atoms with Crippen LogP contribution in [-0.4, -0.2) is 50.5 Å². The molecular formula is C36H51N2NaO8S2. The first-order valence-corrected chi connectivity index (χ1v) is 20.0. The van der Waals surface area contributed by atoms with Crippen molar-refractivity contribution in [2.24, 2.45) is 0 Å². The average molecular weight is 727 g/mol. The minimum Gasteiger partial charge on any atom is -0.744 e. The van der Waals surface area contributed by atoms with Crippen LogP contribution in [0.15, 0.2) is 58.3 Å². The molecule has 0 radical (unpaired) electrons. The summed E-state index contributed by atoms with van der Waals surface area (Å²) in [4.78, 5) is 14.1. The van der Waals surface area contributed by atoms with Crippen LogP contribution < -0.4 is 39.8 Å². The minimum atomic E-state index is -5.01. The van der Waals surface area contributed by atoms with Gasteiger partial charge in [-0.3, -0.25) is 9.35 Å². The van der Waals surface area contributed by atoms with E-state index in [1.807, 2.05) is 4.90 Å². The topological polar surface area (TPSA) is 164 Å². The average Bonchev–Trinajstić information content (AvgIpc) is 3.03. The van der Waals surface area contributed by atoms with E-state index >= 15 is 0 Å². The summed E-state index contributed by atoms with van der Waals surface area (Å²) in [7, 11) is -7.84. The van der Waals surface area contributed by atoms with Gasteiger partial charge in [-0.05, 0) is 30.7 Å². The number of aromatic hydroxyl groups is 1. The molecule has 0 aliphatic heterocycles. The van der Waals surface area contributed by atoms with E-state index in [4.69, 9.17) is 0 Å². The van der Waals surface area contributed by atoms with Crippen LogP contribution in [0.25, 0.3) is 10.8 Å². The van der Waals surface area contributed by atoms with Crippen molar-refractivity contribution in [2.45, 2.75) is 119 Å². The summed E-state index contributed by atoms with van der Waals surface area (Å²) in [5.41, 5.74) is -0.00587. The number of carbonyl (C=O) groups is 1. The number of carbonyl (C=O) groups excluding carboxylic acids is 1. The first-order chi connectivity index (χ1) is 22.8. The molecule has 0 fully saturated rings. The van der Waals surface area contributed by atoms with Gasteiger partial charge in [-0.15, -0.1) is 0 Å². The van der Waals surface area contributed by atoms with Gasteiger partial charge >= 0.3 is 29.6 Å². The van der Waals surface area contributed by atoms with Gasteiger partial charge < -0.3 is 19.9 Å². The number of benzene rings is 3. The van der Waals surface area contributed by atoms with Gasteiger partial charge in [0, 0.05) is 24.4 Å². The van der Waals surface area contributed by atoms with Crippen molar-refractivity contribution in [3.8, 4) is 5.75 Å². The Morgan fingerprint density at radius 3 is 1.73 bits per heavy atom. The smallest absolute Gasteiger partial charge is 0.744 e. The summed E-state index contributed by atoms with van der Waals surface area (Å²) in [6, 6.07) is 10.3. The van der Waals surface area contributed by atoms with Crippen LogP contribution in [-0.2, 0) is 20.2 Å². The van der Waals surface area contributed by atoms with Crippen molar-refractivity contribution >= 4 is 48.3 Å². The number of nitrogens with zero attached hydrogens (tertiary/aromatic N) is 1. The van der Waals surface area contributed by atoms with Crippen LogP contribution >= 0.6 is 0 Å². The van der Waals surface area contributed by atoms with Crippen LogP contribution in [0.1, 0.15) is 120 Å². The Labute approximate surface area is 314 Å². The zero-order valence-corrected chi connectivity index (χ0v) is 32.9. The molecule has 10 nitrogen and oxygen atoms in total. The van der Waals surface area contributed by atoms with Crippen molar-refractivity contribution in [3.63, 3.8) is 0 Å². The van der Waals surface area contributed by atoms with Gasteiger partial charge in [0.2, 0.25) is 0 Å². The molecule has 0 saturated heterocycles. The van der Waals surface area contributed by atoms with E-state index in [9.17, 15) is 35.8 Å². The zero-order valence-electron chi connectivity index (χ0n) is 29.2. The number of phenolic OH excluding ortho intramolecular Hbond substituents is 1. The normalized spacial score (nSPS) is 11.8. The third-order valence-corrected chi connectivity index (χ3v) is 10.5. The van der Waals surface area contributed by atoms with Gasteiger partial charge in [0.15, 0.2) is 0 Å². The van der Waals surface area contributed by atoms with Crippen molar-refractivity contribution in [2.75, 3.05) is 23.8 Å². The predicted molar refractivity (Wildman–Crippen MR) is 191 cm³/mol. The zero-order chi connectivity index (χ0) is 35.2. The number of hydrogen-bond acceptors (Lipinski definition) is 8. The summed E-state index contributed by atoms with van der Waals surface area (Å²) in [6.45, 7) is 2.85. The Balaban J connectivity index is 0.00000833. The molecule has 13 heteroatoms. The third kappa shape index (κ3) is 13.8. The molecule has 3 aromatic rings. The van der Waals surface area contributed by atoms with Crippen LogP contribution in [0.3, 0.4) is 0 Å². The Morgan fingerprint density at radius 1 is 0.755 bits per heavy atom. The summed E-state index contributed by atoms with van der Waals surface area (Å²) in [5, 5.41) is 13.4. The number of hydrogen-bond donors (Lipinski definition) is 3. The maximum Gasteiger partial charge on any atom is 1.00 e. The van der Waals surface area contributed by atoms with Crippen molar-refractivity contribution in [3.05, 3.63) is 54.1 Å². The standard InChI is InChI=1S/C36H52N2O8S2.Na/c1-3-4-5-6-7-8-9-10-11-12-13-14-15-16-17-20-25-38(2)33-24-23-28(47(41,42)43)26-32(33)37-36(40)31-27-34(48(44,45)46)29-21-18-19-22-30(29)35(31)39;/h18-19,21-24,26-27,39H,3-17,20,25H2,1-2H3,(H,37,40)(H,41,42,43)(H,44,45,46);/q;+1/p-1. The van der Waals surface area contributed by atoms with Crippen LogP contribution in [0, 0.1) is 0 Å². The number of nitrogens with one attached hydrogen (secondary N) is 1. The second-order valence-corrected chi connectivity index (χ2v) is 15.4. The number of anilines is 2. The molecule has 0 unspecified atom stereocenters. The fourth-order valence-corrected chi connectivity index (χ4v) is 7.24. The van der Waals surface area contributed by atoms with Crippen molar-refractivity contribution in [1.29, 1.82) is 0 Å². The molecule has 0 heterocycles. The van der Waals surface area contributed by atoms with E-state index in [1.165, 1.54) is 120 Å². The summed E-state index contributed by atoms with van der Waals surface area (Å²) < 4.78 is 69.5. The van der Waals surface area contributed by atoms with Gasteiger partial charge in [0.05, 0.1) is 26.7 Å². The van der Waals surface area contributed by atoms with Gasteiger partial charge in [0.25, 0.3) is 16.0 Å². The molecule has 49 heavy (non-hydrogen) atoms. The maximum atomic E-state index is 13.4. The molecule has 0 spiro atoms. The van der Waals surface area contributed by atoms with Crippen LogP contribution in [0.4, 0.5) is 11.4 Å². The second kappa shape index (κ2) is 21.2. The first-order valence-electron chi connectivity index (χ1n) is 17.2. The van der Waals surface area contributed by atoms with Gasteiger partial charge in [0.1, 0.15) is 15.9 Å².